The molecule has 31 heavy (non-hydrogen) atoms. The van der Waals surface area contributed by atoms with Crippen molar-refractivity contribution in [3.8, 4) is 5.75 Å². The Labute approximate surface area is 189 Å². The first-order chi connectivity index (χ1) is 13.7. The Morgan fingerprint density at radius 3 is 1.71 bits per heavy atom. The molecule has 161 valence electrons. The molecule has 0 saturated carbocycles. The summed E-state index contributed by atoms with van der Waals surface area (Å²) in [7, 11) is 0. The number of alkyl halides is 6. The number of carbonyl (C=O) groups is 1. The minimum Gasteiger partial charge on any atom is -0.406 e. The molecule has 0 saturated heterocycles. The Kier molecular flexibility index (Phi) is 7.99. The van der Waals surface area contributed by atoms with E-state index in [0.29, 0.717) is 0 Å². The molecule has 2 rings (SSSR count). The number of hydrogen-bond donors (Lipinski definition) is 1. The number of nitro benzene ring substituents is 2. The molecule has 0 bridgehead atoms. The van der Waals surface area contributed by atoms with Gasteiger partial charge in [-0.05, 0) is 24.3 Å². The van der Waals surface area contributed by atoms with E-state index in [1.54, 1.807) is 5.32 Å². The number of carbonyl (C=O) groups excluding carboxylic acids is 1. The van der Waals surface area contributed by atoms with Crippen LogP contribution in [-0.2, 0) is 6.18 Å². The third-order valence-electron chi connectivity index (χ3n) is 3.41. The van der Waals surface area contributed by atoms with Gasteiger partial charge in [0.25, 0.3) is 5.91 Å². The fourth-order valence-electron chi connectivity index (χ4n) is 2.19. The molecule has 0 unspecified atom stereocenters. The minimum absolute atomic E-state index is 0. The number of hydrogen-bond acceptors (Lipinski definition) is 6. The number of anilines is 1. The van der Waals surface area contributed by atoms with E-state index in [0.717, 1.165) is 24.3 Å². The van der Waals surface area contributed by atoms with E-state index in [9.17, 15) is 51.4 Å². The molecule has 2 aromatic carbocycles. The SMILES string of the molecule is O=C(Nc1c([N+](=O)[O-])cc(C(F)(F)F)cc1[N+](=O)[O-])c1ccc(OC(F)(F)F)cc1.[Na]. The van der Waals surface area contributed by atoms with Gasteiger partial charge in [-0.15, -0.1) is 13.2 Å². The standard InChI is InChI=1S/C15H7F6N3O6.Na/c16-14(17,18)8-5-10(23(26)27)12(11(6-8)24(28)29)22-13(25)7-1-3-9(4-2-7)30-15(19,20)21;/h1-6H,(H,22,25);. The zero-order chi connectivity index (χ0) is 22.9. The van der Waals surface area contributed by atoms with Crippen LogP contribution in [0.3, 0.4) is 0 Å². The van der Waals surface area contributed by atoms with Crippen LogP contribution < -0.4 is 10.1 Å². The number of halogens is 6. The topological polar surface area (TPSA) is 125 Å². The van der Waals surface area contributed by atoms with Gasteiger partial charge in [0, 0.05) is 47.3 Å². The summed E-state index contributed by atoms with van der Waals surface area (Å²) in [4.78, 5) is 31.7. The Morgan fingerprint density at radius 1 is 0.903 bits per heavy atom. The zero-order valence-corrected chi connectivity index (χ0v) is 17.1. The van der Waals surface area contributed by atoms with Crippen molar-refractivity contribution in [3.05, 3.63) is 67.8 Å². The predicted octanol–water partition coefficient (Wildman–Crippen LogP) is 4.29. The van der Waals surface area contributed by atoms with Crippen molar-refractivity contribution in [2.75, 3.05) is 5.32 Å². The molecule has 0 aliphatic heterocycles. The van der Waals surface area contributed by atoms with E-state index in [4.69, 9.17) is 0 Å². The molecule has 1 N–H and O–H groups in total. The van der Waals surface area contributed by atoms with Crippen molar-refractivity contribution in [2.24, 2.45) is 0 Å². The Balaban J connectivity index is 0.00000480. The second-order valence-corrected chi connectivity index (χ2v) is 5.43. The molecule has 0 fully saturated rings. The van der Waals surface area contributed by atoms with Crippen LogP contribution in [0.25, 0.3) is 0 Å². The number of ether oxygens (including phenoxy) is 1. The van der Waals surface area contributed by atoms with Gasteiger partial charge in [0.05, 0.1) is 15.4 Å². The molecule has 0 aliphatic carbocycles. The van der Waals surface area contributed by atoms with Crippen molar-refractivity contribution in [1.82, 2.24) is 0 Å². The van der Waals surface area contributed by atoms with Crippen LogP contribution in [0.5, 0.6) is 5.75 Å². The van der Waals surface area contributed by atoms with E-state index < -0.39 is 62.2 Å². The average Bonchev–Trinajstić information content (AvgIpc) is 2.59. The quantitative estimate of drug-likeness (QED) is 0.306. The van der Waals surface area contributed by atoms with E-state index in [1.807, 2.05) is 0 Å². The summed E-state index contributed by atoms with van der Waals surface area (Å²) in [6, 6.07) is 3.05. The summed E-state index contributed by atoms with van der Waals surface area (Å²) in [5.41, 5.74) is -6.03. The molecule has 0 aromatic heterocycles. The Bertz CT molecular complexity index is 975. The largest absolute Gasteiger partial charge is 0.573 e. The van der Waals surface area contributed by atoms with Crippen molar-refractivity contribution in [2.45, 2.75) is 12.5 Å². The molecule has 1 radical (unpaired) electrons. The number of amides is 1. The van der Waals surface area contributed by atoms with Crippen molar-refractivity contribution in [1.29, 1.82) is 0 Å². The molecular weight excluding hydrogens is 455 g/mol. The molecule has 16 heteroatoms. The number of nitro groups is 2. The fourth-order valence-corrected chi connectivity index (χ4v) is 2.19. The smallest absolute Gasteiger partial charge is 0.406 e. The second kappa shape index (κ2) is 9.49. The van der Waals surface area contributed by atoms with Gasteiger partial charge in [-0.1, -0.05) is 0 Å². The Hall–Kier alpha value is -2.91. The first-order valence-electron chi connectivity index (χ1n) is 7.40. The molecular formula is C15H7F6N3NaO6. The van der Waals surface area contributed by atoms with E-state index in [-0.39, 0.29) is 41.7 Å². The fraction of sp³-hybridized carbons (Fsp3) is 0.133. The molecule has 0 spiro atoms. The third-order valence-corrected chi connectivity index (χ3v) is 3.41. The second-order valence-electron chi connectivity index (χ2n) is 5.43. The van der Waals surface area contributed by atoms with Crippen molar-refractivity contribution >= 4 is 52.5 Å². The maximum absolute atomic E-state index is 12.9. The van der Waals surface area contributed by atoms with Gasteiger partial charge in [-0.3, -0.25) is 25.0 Å². The molecule has 0 heterocycles. The Morgan fingerprint density at radius 2 is 1.35 bits per heavy atom. The van der Waals surface area contributed by atoms with Gasteiger partial charge in [0.1, 0.15) is 5.75 Å². The summed E-state index contributed by atoms with van der Waals surface area (Å²) in [6.07, 6.45) is -10.2. The van der Waals surface area contributed by atoms with Gasteiger partial charge in [0.15, 0.2) is 5.69 Å². The maximum Gasteiger partial charge on any atom is 0.573 e. The van der Waals surface area contributed by atoms with Crippen LogP contribution in [0.15, 0.2) is 36.4 Å². The van der Waals surface area contributed by atoms with Gasteiger partial charge >= 0.3 is 23.9 Å². The van der Waals surface area contributed by atoms with Gasteiger partial charge in [0.2, 0.25) is 0 Å². The number of nitrogens with one attached hydrogen (secondary N) is 1. The monoisotopic (exact) mass is 462 g/mol. The number of benzene rings is 2. The maximum atomic E-state index is 12.9. The van der Waals surface area contributed by atoms with Gasteiger partial charge in [-0.2, -0.15) is 13.2 Å². The predicted molar refractivity (Wildman–Crippen MR) is 91.6 cm³/mol. The first-order valence-corrected chi connectivity index (χ1v) is 7.40. The van der Waals surface area contributed by atoms with Gasteiger partial charge < -0.3 is 10.1 Å². The van der Waals surface area contributed by atoms with Crippen LogP contribution in [0, 0.1) is 20.2 Å². The molecule has 0 atom stereocenters. The van der Waals surface area contributed by atoms with Crippen LogP contribution >= 0.6 is 0 Å². The van der Waals surface area contributed by atoms with E-state index >= 15 is 0 Å². The molecule has 2 aromatic rings. The number of nitrogens with zero attached hydrogens (tertiary/aromatic N) is 2. The van der Waals surface area contributed by atoms with E-state index in [1.165, 1.54) is 0 Å². The van der Waals surface area contributed by atoms with Crippen LogP contribution in [0.1, 0.15) is 15.9 Å². The average molecular weight is 462 g/mol. The summed E-state index contributed by atoms with van der Waals surface area (Å²) in [5.74, 6) is -1.97. The summed E-state index contributed by atoms with van der Waals surface area (Å²) in [6.45, 7) is 0. The molecule has 9 nitrogen and oxygen atoms in total. The van der Waals surface area contributed by atoms with Gasteiger partial charge in [-0.25, -0.2) is 0 Å². The van der Waals surface area contributed by atoms with Crippen molar-refractivity contribution in [3.63, 3.8) is 0 Å². The van der Waals surface area contributed by atoms with Crippen LogP contribution in [-0.4, -0.2) is 51.7 Å². The summed E-state index contributed by atoms with van der Waals surface area (Å²) >= 11 is 0. The normalized spacial score (nSPS) is 11.3. The molecule has 1 amide bonds. The van der Waals surface area contributed by atoms with E-state index in [2.05, 4.69) is 4.74 Å². The summed E-state index contributed by atoms with van der Waals surface area (Å²) < 4.78 is 78.6. The zero-order valence-electron chi connectivity index (χ0n) is 15.1. The molecule has 0 aliphatic rings. The number of rotatable bonds is 5. The van der Waals surface area contributed by atoms with Crippen LogP contribution in [0.4, 0.5) is 43.4 Å². The van der Waals surface area contributed by atoms with Crippen molar-refractivity contribution < 1.29 is 45.7 Å². The first kappa shape index (κ1) is 26.1. The van der Waals surface area contributed by atoms with Crippen LogP contribution in [0.2, 0.25) is 0 Å². The summed E-state index contributed by atoms with van der Waals surface area (Å²) in [5, 5.41) is 24.0. The third kappa shape index (κ3) is 6.80. The minimum atomic E-state index is -5.15.